The van der Waals surface area contributed by atoms with Gasteiger partial charge in [0.1, 0.15) is 0 Å². The molecule has 0 aliphatic heterocycles. The molecule has 1 rings (SSSR count). The van der Waals surface area contributed by atoms with Gasteiger partial charge in [0.05, 0.1) is 19.8 Å². The maximum Gasteiger partial charge on any atom is 0.0701 e. The summed E-state index contributed by atoms with van der Waals surface area (Å²) in [6.07, 6.45) is 7.76. The monoisotopic (exact) mass is 221 g/mol. The van der Waals surface area contributed by atoms with Crippen LogP contribution >= 0.6 is 0 Å². The van der Waals surface area contributed by atoms with Gasteiger partial charge in [-0.3, -0.25) is 0 Å². The molecule has 3 heteroatoms. The van der Waals surface area contributed by atoms with Crippen LogP contribution in [0.15, 0.2) is 25.6 Å². The molecule has 0 unspecified atom stereocenters. The highest BCUT2D eigenvalue weighted by Crippen LogP contribution is 2.13. The third-order valence-electron chi connectivity index (χ3n) is 2.31. The molecule has 0 saturated heterocycles. The van der Waals surface area contributed by atoms with E-state index < -0.39 is 0 Å². The van der Waals surface area contributed by atoms with Gasteiger partial charge >= 0.3 is 0 Å². The molecule has 0 radical (unpaired) electrons. The van der Waals surface area contributed by atoms with Crippen LogP contribution in [0.25, 0.3) is 12.2 Å². The average molecular weight is 221 g/mol. The second-order valence-electron chi connectivity index (χ2n) is 3.42. The van der Waals surface area contributed by atoms with Gasteiger partial charge in [0.2, 0.25) is 0 Å². The molecule has 0 aromatic carbocycles. The lowest BCUT2D eigenvalue weighted by molar-refractivity contribution is 0.0666. The molecule has 0 fully saturated rings. The molecule has 0 atom stereocenters. The molecule has 0 aliphatic rings. The van der Waals surface area contributed by atoms with E-state index in [0.717, 1.165) is 17.7 Å². The van der Waals surface area contributed by atoms with Crippen LogP contribution in [0.2, 0.25) is 0 Å². The highest BCUT2D eigenvalue weighted by atomic mass is 16.5. The van der Waals surface area contributed by atoms with Crippen LogP contribution in [0.5, 0.6) is 0 Å². The van der Waals surface area contributed by atoms with E-state index in [2.05, 4.69) is 17.7 Å². The van der Waals surface area contributed by atoms with E-state index in [0.29, 0.717) is 19.8 Å². The number of nitrogens with zero attached hydrogens (tertiary/aromatic N) is 1. The lowest BCUT2D eigenvalue weighted by atomic mass is 10.2. The van der Waals surface area contributed by atoms with Crippen molar-refractivity contribution in [2.45, 2.75) is 6.54 Å². The van der Waals surface area contributed by atoms with Crippen LogP contribution in [0, 0.1) is 0 Å². The number of hydrogen-bond acceptors (Lipinski definition) is 2. The maximum atomic E-state index is 5.40. The maximum absolute atomic E-state index is 5.40. The van der Waals surface area contributed by atoms with Gasteiger partial charge in [-0.1, -0.05) is 25.3 Å². The summed E-state index contributed by atoms with van der Waals surface area (Å²) >= 11 is 0. The molecule has 0 amide bonds. The largest absolute Gasteiger partial charge is 0.382 e. The summed E-state index contributed by atoms with van der Waals surface area (Å²) in [5.74, 6) is 0. The summed E-state index contributed by atoms with van der Waals surface area (Å²) in [5, 5.41) is 0. The van der Waals surface area contributed by atoms with Gasteiger partial charge in [0.25, 0.3) is 0 Å². The van der Waals surface area contributed by atoms with Crippen molar-refractivity contribution in [2.24, 2.45) is 0 Å². The smallest absolute Gasteiger partial charge is 0.0701 e. The Morgan fingerprint density at radius 1 is 1.12 bits per heavy atom. The summed E-state index contributed by atoms with van der Waals surface area (Å²) in [4.78, 5) is 0. The normalized spacial score (nSPS) is 10.3. The Bertz CT molecular complexity index is 316. The van der Waals surface area contributed by atoms with Gasteiger partial charge in [-0.15, -0.1) is 0 Å². The Labute approximate surface area is 97.0 Å². The first-order valence-electron chi connectivity index (χ1n) is 5.33. The quantitative estimate of drug-likeness (QED) is 0.629. The zero-order valence-corrected chi connectivity index (χ0v) is 9.82. The highest BCUT2D eigenvalue weighted by Gasteiger charge is 2.00. The molecule has 0 N–H and O–H groups in total. The van der Waals surface area contributed by atoms with Gasteiger partial charge in [-0.25, -0.2) is 0 Å². The molecular formula is C13H19NO2. The van der Waals surface area contributed by atoms with E-state index in [1.54, 1.807) is 7.11 Å². The molecule has 0 bridgehead atoms. The first kappa shape index (κ1) is 12.7. The molecule has 3 nitrogen and oxygen atoms in total. The fraction of sp³-hybridized carbons (Fsp3) is 0.385. The Kier molecular flexibility index (Phi) is 5.61. The second kappa shape index (κ2) is 7.04. The molecule has 1 heterocycles. The van der Waals surface area contributed by atoms with E-state index in [9.17, 15) is 0 Å². The van der Waals surface area contributed by atoms with Crippen molar-refractivity contribution in [3.8, 4) is 0 Å². The average Bonchev–Trinajstić information content (AvgIpc) is 2.71. The van der Waals surface area contributed by atoms with Crippen LogP contribution < -0.4 is 0 Å². The van der Waals surface area contributed by atoms with E-state index in [4.69, 9.17) is 9.47 Å². The summed E-state index contributed by atoms with van der Waals surface area (Å²) in [6, 6.07) is 0. The number of aromatic nitrogens is 1. The van der Waals surface area contributed by atoms with Gasteiger partial charge in [-0.2, -0.15) is 0 Å². The molecule has 0 saturated carbocycles. The first-order valence-corrected chi connectivity index (χ1v) is 5.33. The minimum atomic E-state index is 0.639. The Morgan fingerprint density at radius 3 is 2.25 bits per heavy atom. The molecule has 16 heavy (non-hydrogen) atoms. The van der Waals surface area contributed by atoms with E-state index in [1.807, 2.05) is 24.5 Å². The fourth-order valence-corrected chi connectivity index (χ4v) is 1.43. The van der Waals surface area contributed by atoms with E-state index >= 15 is 0 Å². The molecule has 0 aliphatic carbocycles. The minimum absolute atomic E-state index is 0.639. The van der Waals surface area contributed by atoms with Crippen molar-refractivity contribution in [1.29, 1.82) is 0 Å². The lowest BCUT2D eigenvalue weighted by Gasteiger charge is -2.04. The van der Waals surface area contributed by atoms with Crippen molar-refractivity contribution in [2.75, 3.05) is 26.9 Å². The van der Waals surface area contributed by atoms with Crippen molar-refractivity contribution in [3.05, 3.63) is 36.7 Å². The summed E-state index contributed by atoms with van der Waals surface area (Å²) in [6.45, 7) is 10.3. The molecule has 0 spiro atoms. The van der Waals surface area contributed by atoms with Crippen molar-refractivity contribution in [3.63, 3.8) is 0 Å². The zero-order chi connectivity index (χ0) is 11.8. The summed E-state index contributed by atoms with van der Waals surface area (Å²) in [5.41, 5.74) is 2.21. The predicted octanol–water partition coefficient (Wildman–Crippen LogP) is 2.44. The van der Waals surface area contributed by atoms with E-state index in [-0.39, 0.29) is 0 Å². The second-order valence-corrected chi connectivity index (χ2v) is 3.42. The van der Waals surface area contributed by atoms with Crippen molar-refractivity contribution in [1.82, 2.24) is 4.57 Å². The van der Waals surface area contributed by atoms with Crippen LogP contribution in [0.4, 0.5) is 0 Å². The zero-order valence-electron chi connectivity index (χ0n) is 9.82. The highest BCUT2D eigenvalue weighted by molar-refractivity contribution is 5.62. The number of methoxy groups -OCH3 is 1. The van der Waals surface area contributed by atoms with Crippen LogP contribution in [0.3, 0.4) is 0 Å². The standard InChI is InChI=1S/C13H19NO2/c1-4-12-10-14(11-13(12)5-2)6-7-16-9-8-15-3/h4-5,10-11H,1-2,6-9H2,3H3. The van der Waals surface area contributed by atoms with Gasteiger partial charge in [-0.05, 0) is 11.1 Å². The van der Waals surface area contributed by atoms with Crippen molar-refractivity contribution < 1.29 is 9.47 Å². The van der Waals surface area contributed by atoms with Crippen LogP contribution in [-0.2, 0) is 16.0 Å². The number of hydrogen-bond donors (Lipinski definition) is 0. The van der Waals surface area contributed by atoms with Crippen molar-refractivity contribution >= 4 is 12.2 Å². The van der Waals surface area contributed by atoms with Crippen LogP contribution in [-0.4, -0.2) is 31.5 Å². The summed E-state index contributed by atoms with van der Waals surface area (Å²) < 4.78 is 12.4. The molecule has 1 aromatic heterocycles. The van der Waals surface area contributed by atoms with Gasteiger partial charge in [0.15, 0.2) is 0 Å². The predicted molar refractivity (Wildman–Crippen MR) is 67.3 cm³/mol. The van der Waals surface area contributed by atoms with Gasteiger partial charge in [0, 0.05) is 26.0 Å². The Balaban J connectivity index is 2.39. The Hall–Kier alpha value is -1.32. The third-order valence-corrected chi connectivity index (χ3v) is 2.31. The van der Waals surface area contributed by atoms with Crippen LogP contribution in [0.1, 0.15) is 11.1 Å². The van der Waals surface area contributed by atoms with Gasteiger partial charge < -0.3 is 14.0 Å². The number of rotatable bonds is 8. The first-order chi connectivity index (χ1) is 7.81. The minimum Gasteiger partial charge on any atom is -0.382 e. The number of ether oxygens (including phenoxy) is 2. The van der Waals surface area contributed by atoms with E-state index in [1.165, 1.54) is 0 Å². The lowest BCUT2D eigenvalue weighted by Crippen LogP contribution is -2.08. The molecule has 1 aromatic rings. The molecular weight excluding hydrogens is 202 g/mol. The SMILES string of the molecule is C=Cc1cn(CCOCCOC)cc1C=C. The fourth-order valence-electron chi connectivity index (χ4n) is 1.43. The molecule has 88 valence electrons. The third kappa shape index (κ3) is 3.68. The topological polar surface area (TPSA) is 23.4 Å². The summed E-state index contributed by atoms with van der Waals surface area (Å²) in [7, 11) is 1.67. The Morgan fingerprint density at radius 2 is 1.75 bits per heavy atom.